The van der Waals surface area contributed by atoms with Gasteiger partial charge in [-0.1, -0.05) is 0 Å². The van der Waals surface area contributed by atoms with E-state index in [1.54, 1.807) is 24.3 Å². The van der Waals surface area contributed by atoms with Crippen LogP contribution in [0.3, 0.4) is 0 Å². The van der Waals surface area contributed by atoms with Gasteiger partial charge in [-0.3, -0.25) is 9.59 Å². The second-order valence-electron chi connectivity index (χ2n) is 4.73. The summed E-state index contributed by atoms with van der Waals surface area (Å²) >= 11 is 0. The lowest BCUT2D eigenvalue weighted by molar-refractivity contribution is -0.122. The molecule has 0 fully saturated rings. The molecule has 0 heterocycles. The minimum atomic E-state index is -0.212. The Morgan fingerprint density at radius 1 is 1.30 bits per heavy atom. The predicted octanol–water partition coefficient (Wildman–Crippen LogP) is 1.54. The second-order valence-corrected chi connectivity index (χ2v) is 4.73. The lowest BCUT2D eigenvalue weighted by Crippen LogP contribution is -2.42. The van der Waals surface area contributed by atoms with Gasteiger partial charge in [0.15, 0.2) is 0 Å². The van der Waals surface area contributed by atoms with E-state index in [2.05, 4.69) is 5.32 Å². The van der Waals surface area contributed by atoms with Crippen LogP contribution in [0.5, 0.6) is 0 Å². The molecule has 0 aliphatic heterocycles. The molecule has 0 aliphatic rings. The lowest BCUT2D eigenvalue weighted by atomic mass is 10.1. The molecule has 0 unspecified atom stereocenters. The Bertz CT molecular complexity index is 515. The molecule has 106 valence electrons. The molecule has 0 bridgehead atoms. The van der Waals surface area contributed by atoms with E-state index in [9.17, 15) is 9.59 Å². The van der Waals surface area contributed by atoms with Crippen molar-refractivity contribution in [3.05, 3.63) is 35.4 Å². The minimum absolute atomic E-state index is 0.0352. The molecular weight excluding hydrogens is 254 g/mol. The van der Waals surface area contributed by atoms with Crippen molar-refractivity contribution in [1.29, 1.82) is 5.26 Å². The summed E-state index contributed by atoms with van der Waals surface area (Å²) in [4.78, 5) is 25.4. The van der Waals surface area contributed by atoms with Gasteiger partial charge in [0.25, 0.3) is 5.91 Å². The molecule has 20 heavy (non-hydrogen) atoms. The number of carbonyl (C=O) groups excluding carboxylic acids is 2. The molecule has 0 saturated heterocycles. The van der Waals surface area contributed by atoms with Crippen molar-refractivity contribution in [1.82, 2.24) is 10.2 Å². The Balaban J connectivity index is 2.76. The first-order valence-electron chi connectivity index (χ1n) is 6.56. The van der Waals surface area contributed by atoms with Gasteiger partial charge in [0.1, 0.15) is 0 Å². The highest BCUT2D eigenvalue weighted by Gasteiger charge is 2.17. The van der Waals surface area contributed by atoms with Crippen LogP contribution in [0, 0.1) is 11.3 Å². The Morgan fingerprint density at radius 2 is 1.90 bits per heavy atom. The number of nitriles is 1. The summed E-state index contributed by atoms with van der Waals surface area (Å²) in [6.45, 7) is 6.05. The summed E-state index contributed by atoms with van der Waals surface area (Å²) < 4.78 is 0. The van der Waals surface area contributed by atoms with Crippen LogP contribution in [0.4, 0.5) is 0 Å². The standard InChI is InChI=1S/C15H19N3O2/c1-4-18(10-14(19)17-11(2)3)15(20)13-7-5-12(9-16)6-8-13/h5-8,11H,4,10H2,1-3H3,(H,17,19). The van der Waals surface area contributed by atoms with Crippen molar-refractivity contribution in [2.24, 2.45) is 0 Å². The van der Waals surface area contributed by atoms with Gasteiger partial charge < -0.3 is 10.2 Å². The van der Waals surface area contributed by atoms with Crippen LogP contribution >= 0.6 is 0 Å². The van der Waals surface area contributed by atoms with Crippen LogP contribution in [0.1, 0.15) is 36.7 Å². The Labute approximate surface area is 119 Å². The van der Waals surface area contributed by atoms with Gasteiger partial charge in [0.05, 0.1) is 18.2 Å². The molecule has 1 N–H and O–H groups in total. The smallest absolute Gasteiger partial charge is 0.254 e. The normalized spacial score (nSPS) is 9.95. The van der Waals surface area contributed by atoms with E-state index in [4.69, 9.17) is 5.26 Å². The Kier molecular flexibility index (Phi) is 5.73. The topological polar surface area (TPSA) is 73.2 Å². The summed E-state index contributed by atoms with van der Waals surface area (Å²) in [6.07, 6.45) is 0. The van der Waals surface area contributed by atoms with Gasteiger partial charge in [0, 0.05) is 18.2 Å². The van der Waals surface area contributed by atoms with Crippen LogP contribution < -0.4 is 5.32 Å². The maximum absolute atomic E-state index is 12.3. The van der Waals surface area contributed by atoms with Gasteiger partial charge in [-0.25, -0.2) is 0 Å². The van der Waals surface area contributed by atoms with Crippen LogP contribution in [0.15, 0.2) is 24.3 Å². The first kappa shape index (κ1) is 15.7. The van der Waals surface area contributed by atoms with E-state index >= 15 is 0 Å². The van der Waals surface area contributed by atoms with Crippen molar-refractivity contribution in [3.8, 4) is 6.07 Å². The molecule has 0 aromatic heterocycles. The number of hydrogen-bond acceptors (Lipinski definition) is 3. The van der Waals surface area contributed by atoms with Crippen LogP contribution in [0.25, 0.3) is 0 Å². The fraction of sp³-hybridized carbons (Fsp3) is 0.400. The second kappa shape index (κ2) is 7.29. The zero-order valence-electron chi connectivity index (χ0n) is 12.0. The summed E-state index contributed by atoms with van der Waals surface area (Å²) in [5.41, 5.74) is 0.977. The lowest BCUT2D eigenvalue weighted by Gasteiger charge is -2.21. The van der Waals surface area contributed by atoms with E-state index in [0.717, 1.165) is 0 Å². The largest absolute Gasteiger partial charge is 0.352 e. The predicted molar refractivity (Wildman–Crippen MR) is 76.0 cm³/mol. The molecule has 5 heteroatoms. The third kappa shape index (κ3) is 4.39. The fourth-order valence-electron chi connectivity index (χ4n) is 1.74. The number of nitrogens with one attached hydrogen (secondary N) is 1. The van der Waals surface area contributed by atoms with Crippen molar-refractivity contribution < 1.29 is 9.59 Å². The van der Waals surface area contributed by atoms with E-state index in [1.165, 1.54) is 4.90 Å². The highest BCUT2D eigenvalue weighted by molar-refractivity contribution is 5.96. The molecule has 1 aromatic rings. The molecule has 0 saturated carbocycles. The third-order valence-electron chi connectivity index (χ3n) is 2.71. The molecule has 1 rings (SSSR count). The average molecular weight is 273 g/mol. The zero-order valence-corrected chi connectivity index (χ0v) is 12.0. The average Bonchev–Trinajstić information content (AvgIpc) is 2.43. The summed E-state index contributed by atoms with van der Waals surface area (Å²) in [5, 5.41) is 11.5. The fourth-order valence-corrected chi connectivity index (χ4v) is 1.74. The number of amides is 2. The molecule has 0 aliphatic carbocycles. The highest BCUT2D eigenvalue weighted by atomic mass is 16.2. The number of carbonyl (C=O) groups is 2. The van der Waals surface area contributed by atoms with E-state index in [1.807, 2.05) is 26.8 Å². The first-order valence-corrected chi connectivity index (χ1v) is 6.56. The van der Waals surface area contributed by atoms with Gasteiger partial charge in [-0.15, -0.1) is 0 Å². The molecular formula is C15H19N3O2. The van der Waals surface area contributed by atoms with Crippen molar-refractivity contribution in [2.45, 2.75) is 26.8 Å². The summed E-state index contributed by atoms with van der Waals surface area (Å²) in [5.74, 6) is -0.389. The number of hydrogen-bond donors (Lipinski definition) is 1. The molecule has 2 amide bonds. The van der Waals surface area contributed by atoms with Crippen molar-refractivity contribution in [2.75, 3.05) is 13.1 Å². The van der Waals surface area contributed by atoms with Gasteiger partial charge >= 0.3 is 0 Å². The molecule has 0 radical (unpaired) electrons. The summed E-state index contributed by atoms with van der Waals surface area (Å²) in [7, 11) is 0. The van der Waals surface area contributed by atoms with E-state index in [-0.39, 0.29) is 24.4 Å². The van der Waals surface area contributed by atoms with E-state index < -0.39 is 0 Å². The number of likely N-dealkylation sites (N-methyl/N-ethyl adjacent to an activating group) is 1. The SMILES string of the molecule is CCN(CC(=O)NC(C)C)C(=O)c1ccc(C#N)cc1. The minimum Gasteiger partial charge on any atom is -0.352 e. The quantitative estimate of drug-likeness (QED) is 0.884. The number of nitrogens with zero attached hydrogens (tertiary/aromatic N) is 2. The molecule has 0 spiro atoms. The monoisotopic (exact) mass is 273 g/mol. The van der Waals surface area contributed by atoms with Crippen molar-refractivity contribution >= 4 is 11.8 Å². The van der Waals surface area contributed by atoms with Gasteiger partial charge in [-0.05, 0) is 45.0 Å². The molecule has 0 atom stereocenters. The Morgan fingerprint density at radius 3 is 2.35 bits per heavy atom. The van der Waals surface area contributed by atoms with Crippen molar-refractivity contribution in [3.63, 3.8) is 0 Å². The highest BCUT2D eigenvalue weighted by Crippen LogP contribution is 2.07. The maximum Gasteiger partial charge on any atom is 0.254 e. The van der Waals surface area contributed by atoms with Gasteiger partial charge in [0.2, 0.25) is 5.91 Å². The zero-order chi connectivity index (χ0) is 15.1. The third-order valence-corrected chi connectivity index (χ3v) is 2.71. The number of rotatable bonds is 5. The molecule has 1 aromatic carbocycles. The van der Waals surface area contributed by atoms with Gasteiger partial charge in [-0.2, -0.15) is 5.26 Å². The number of benzene rings is 1. The molecule has 5 nitrogen and oxygen atoms in total. The van der Waals surface area contributed by atoms with Crippen LogP contribution in [-0.4, -0.2) is 35.8 Å². The Hall–Kier alpha value is -2.35. The van der Waals surface area contributed by atoms with Crippen LogP contribution in [0.2, 0.25) is 0 Å². The van der Waals surface area contributed by atoms with Crippen LogP contribution in [-0.2, 0) is 4.79 Å². The van der Waals surface area contributed by atoms with E-state index in [0.29, 0.717) is 17.7 Å². The first-order chi connectivity index (χ1) is 9.47. The maximum atomic E-state index is 12.3. The summed E-state index contributed by atoms with van der Waals surface area (Å²) in [6, 6.07) is 8.44.